The molecule has 134 valence electrons. The summed E-state index contributed by atoms with van der Waals surface area (Å²) < 4.78 is 32.1. The summed E-state index contributed by atoms with van der Waals surface area (Å²) in [5, 5.41) is 3.97. The molecule has 1 saturated carbocycles. The molecule has 0 atom stereocenters. The van der Waals surface area contributed by atoms with Crippen LogP contribution in [0.5, 0.6) is 0 Å². The van der Waals surface area contributed by atoms with Crippen LogP contribution in [0, 0.1) is 0 Å². The van der Waals surface area contributed by atoms with Gasteiger partial charge in [-0.05, 0) is 49.9 Å². The summed E-state index contributed by atoms with van der Waals surface area (Å²) in [5.41, 5.74) is 3.08. The second-order valence-corrected chi connectivity index (χ2v) is 6.63. The van der Waals surface area contributed by atoms with E-state index in [0.29, 0.717) is 31.2 Å². The Balaban J connectivity index is 1.37. The molecule has 26 heavy (non-hydrogen) atoms. The van der Waals surface area contributed by atoms with Crippen molar-refractivity contribution >= 4 is 16.9 Å². The van der Waals surface area contributed by atoms with Crippen LogP contribution >= 0.6 is 0 Å². The zero-order chi connectivity index (χ0) is 20.4. The number of aromatic nitrogens is 1. The van der Waals surface area contributed by atoms with Crippen molar-refractivity contribution in [3.63, 3.8) is 0 Å². The lowest BCUT2D eigenvalue weighted by molar-refractivity contribution is 0.0599. The normalized spacial score (nSPS) is 22.4. The first-order chi connectivity index (χ1) is 13.9. The van der Waals surface area contributed by atoms with Crippen LogP contribution in [-0.4, -0.2) is 30.1 Å². The Morgan fingerprint density at radius 2 is 2.00 bits per heavy atom. The standard InChI is InChI=1S/C21H22N2O3/c1-25-17-8-6-16(7-9-17)23-21(24)15-4-2-14(3-5-15)20-18-11-13-26-19(18)10-12-22-20/h2-5,10-13,16-17H,6-9H2,1H3,(H,23,24)/t16-,17-/i1D3. The number of rotatable bonds is 4. The van der Waals surface area contributed by atoms with Gasteiger partial charge in [0.25, 0.3) is 5.91 Å². The number of hydrogen-bond acceptors (Lipinski definition) is 4. The molecular weight excluding hydrogens is 328 g/mol. The minimum atomic E-state index is -2.36. The van der Waals surface area contributed by atoms with Crippen molar-refractivity contribution in [1.82, 2.24) is 10.3 Å². The Kier molecular flexibility index (Phi) is 3.80. The zero-order valence-corrected chi connectivity index (χ0v) is 14.3. The Bertz CT molecular complexity index is 990. The van der Waals surface area contributed by atoms with E-state index < -0.39 is 7.04 Å². The van der Waals surface area contributed by atoms with E-state index in [4.69, 9.17) is 13.3 Å². The first kappa shape index (κ1) is 13.5. The molecule has 0 radical (unpaired) electrons. The van der Waals surface area contributed by atoms with Gasteiger partial charge in [-0.25, -0.2) is 0 Å². The van der Waals surface area contributed by atoms with Crippen molar-refractivity contribution < 1.29 is 18.1 Å². The Morgan fingerprint density at radius 1 is 1.19 bits per heavy atom. The molecule has 1 aromatic carbocycles. The van der Waals surface area contributed by atoms with Gasteiger partial charge in [0.1, 0.15) is 5.58 Å². The van der Waals surface area contributed by atoms with Crippen LogP contribution in [0.25, 0.3) is 22.2 Å². The van der Waals surface area contributed by atoms with Gasteiger partial charge in [0.2, 0.25) is 0 Å². The highest BCUT2D eigenvalue weighted by Gasteiger charge is 2.22. The summed E-state index contributed by atoms with van der Waals surface area (Å²) in [6.45, 7) is 0. The van der Waals surface area contributed by atoms with Crippen LogP contribution in [-0.2, 0) is 4.74 Å². The first-order valence-corrected chi connectivity index (χ1v) is 8.80. The number of carbonyl (C=O) groups is 1. The molecule has 3 aromatic rings. The van der Waals surface area contributed by atoms with Gasteiger partial charge in [-0.2, -0.15) is 0 Å². The lowest BCUT2D eigenvalue weighted by atomic mass is 9.92. The van der Waals surface area contributed by atoms with Gasteiger partial charge in [0.15, 0.2) is 0 Å². The Hall–Kier alpha value is -2.66. The van der Waals surface area contributed by atoms with Crippen LogP contribution in [0.15, 0.2) is 53.3 Å². The summed E-state index contributed by atoms with van der Waals surface area (Å²) in [5.74, 6) is -0.133. The van der Waals surface area contributed by atoms with Crippen LogP contribution in [0.1, 0.15) is 40.2 Å². The molecule has 1 amide bonds. The van der Waals surface area contributed by atoms with Gasteiger partial charge in [0.05, 0.1) is 22.2 Å². The number of nitrogens with zero attached hydrogens (tertiary/aromatic N) is 1. The quantitative estimate of drug-likeness (QED) is 0.764. The number of fused-ring (bicyclic) bond motifs is 1. The van der Waals surface area contributed by atoms with Crippen molar-refractivity contribution in [3.8, 4) is 11.3 Å². The lowest BCUT2D eigenvalue weighted by Gasteiger charge is -2.28. The summed E-state index contributed by atoms with van der Waals surface area (Å²) in [6, 6.07) is 11.1. The third-order valence-electron chi connectivity index (χ3n) is 4.98. The minimum absolute atomic E-state index is 0.0278. The highest BCUT2D eigenvalue weighted by Crippen LogP contribution is 2.27. The van der Waals surface area contributed by atoms with E-state index >= 15 is 0 Å². The second kappa shape index (κ2) is 7.30. The molecule has 0 saturated heterocycles. The number of benzene rings is 1. The van der Waals surface area contributed by atoms with Crippen molar-refractivity contribution in [1.29, 1.82) is 0 Å². The fraction of sp³-hybridized carbons (Fsp3) is 0.333. The molecule has 1 fully saturated rings. The van der Waals surface area contributed by atoms with Crippen LogP contribution in [0.2, 0.25) is 0 Å². The summed E-state index contributed by atoms with van der Waals surface area (Å²) in [4.78, 5) is 17.0. The lowest BCUT2D eigenvalue weighted by Crippen LogP contribution is -2.38. The largest absolute Gasteiger partial charge is 0.464 e. The summed E-state index contributed by atoms with van der Waals surface area (Å²) in [7, 11) is -2.36. The predicted molar refractivity (Wildman–Crippen MR) is 100.0 cm³/mol. The molecule has 0 unspecified atom stereocenters. The number of ether oxygens (including phenoxy) is 1. The van der Waals surface area contributed by atoms with Gasteiger partial charge >= 0.3 is 0 Å². The molecule has 0 bridgehead atoms. The average molecular weight is 353 g/mol. The second-order valence-electron chi connectivity index (χ2n) is 6.63. The molecule has 0 aliphatic heterocycles. The van der Waals surface area contributed by atoms with E-state index in [9.17, 15) is 4.79 Å². The third kappa shape index (κ3) is 3.35. The molecule has 1 aliphatic carbocycles. The van der Waals surface area contributed by atoms with Gasteiger partial charge in [-0.3, -0.25) is 9.78 Å². The van der Waals surface area contributed by atoms with Crippen molar-refractivity contribution in [2.24, 2.45) is 0 Å². The van der Waals surface area contributed by atoms with Crippen LogP contribution in [0.4, 0.5) is 0 Å². The summed E-state index contributed by atoms with van der Waals surface area (Å²) in [6.07, 6.45) is 5.73. The van der Waals surface area contributed by atoms with E-state index in [0.717, 1.165) is 22.2 Å². The number of hydrogen-bond donors (Lipinski definition) is 1. The highest BCUT2D eigenvalue weighted by atomic mass is 16.5. The number of furan rings is 1. The zero-order valence-electron chi connectivity index (χ0n) is 17.3. The molecule has 0 spiro atoms. The molecule has 1 N–H and O–H groups in total. The molecule has 1 aliphatic rings. The fourth-order valence-electron chi connectivity index (χ4n) is 3.50. The molecule has 2 heterocycles. The summed E-state index contributed by atoms with van der Waals surface area (Å²) >= 11 is 0. The maximum absolute atomic E-state index is 12.6. The average Bonchev–Trinajstić information content (AvgIpc) is 3.17. The molecule has 5 nitrogen and oxygen atoms in total. The number of pyridine rings is 1. The van der Waals surface area contributed by atoms with Gasteiger partial charge in [0, 0.05) is 35.8 Å². The van der Waals surface area contributed by atoms with Crippen LogP contribution in [0.3, 0.4) is 0 Å². The van der Waals surface area contributed by atoms with Gasteiger partial charge < -0.3 is 14.5 Å². The molecular formula is C21H22N2O3. The fourth-order valence-corrected chi connectivity index (χ4v) is 3.50. The van der Waals surface area contributed by atoms with Gasteiger partial charge in [-0.15, -0.1) is 0 Å². The SMILES string of the molecule is [2H]C([2H])([2H])O[C@H]1CC[C@H](NC(=O)c2ccc(-c3nccc4occc34)cc2)CC1. The van der Waals surface area contributed by atoms with Crippen molar-refractivity contribution in [3.05, 3.63) is 54.4 Å². The predicted octanol–water partition coefficient (Wildman–Crippen LogP) is 4.18. The topological polar surface area (TPSA) is 64.4 Å². The Labute approximate surface area is 156 Å². The highest BCUT2D eigenvalue weighted by molar-refractivity contribution is 5.96. The van der Waals surface area contributed by atoms with Crippen molar-refractivity contribution in [2.45, 2.75) is 37.8 Å². The van der Waals surface area contributed by atoms with Crippen molar-refractivity contribution in [2.75, 3.05) is 7.04 Å². The monoisotopic (exact) mass is 353 g/mol. The van der Waals surface area contributed by atoms with E-state index in [1.54, 1.807) is 24.6 Å². The number of methoxy groups -OCH3 is 1. The third-order valence-corrected chi connectivity index (χ3v) is 4.98. The first-order valence-electron chi connectivity index (χ1n) is 10.3. The van der Waals surface area contributed by atoms with E-state index in [1.807, 2.05) is 24.3 Å². The Morgan fingerprint density at radius 3 is 2.77 bits per heavy atom. The number of nitrogens with one attached hydrogen (secondary N) is 1. The smallest absolute Gasteiger partial charge is 0.251 e. The number of amides is 1. The molecule has 4 rings (SSSR count). The molecule has 5 heteroatoms. The minimum Gasteiger partial charge on any atom is -0.464 e. The molecule has 2 aromatic heterocycles. The maximum atomic E-state index is 12.6. The maximum Gasteiger partial charge on any atom is 0.251 e. The van der Waals surface area contributed by atoms with Gasteiger partial charge in [-0.1, -0.05) is 12.1 Å². The van der Waals surface area contributed by atoms with Crippen LogP contribution < -0.4 is 5.32 Å². The van der Waals surface area contributed by atoms with E-state index in [2.05, 4.69) is 10.3 Å². The van der Waals surface area contributed by atoms with E-state index in [1.165, 1.54) is 0 Å². The van der Waals surface area contributed by atoms with E-state index in [-0.39, 0.29) is 18.1 Å². The number of carbonyl (C=O) groups excluding carboxylic acids is 1.